The molecule has 2 rings (SSSR count). The average molecular weight is 198 g/mol. The number of hydrogen-bond acceptors (Lipinski definition) is 2. The molecule has 0 amide bonds. The Labute approximate surface area is 81.9 Å². The van der Waals surface area contributed by atoms with Crippen LogP contribution in [-0.4, -0.2) is 22.2 Å². The van der Waals surface area contributed by atoms with Crippen molar-refractivity contribution in [2.24, 2.45) is 17.3 Å². The fourth-order valence-electron chi connectivity index (χ4n) is 3.28. The smallest absolute Gasteiger partial charge is 0.309 e. The van der Waals surface area contributed by atoms with E-state index in [9.17, 15) is 14.7 Å². The molecule has 2 aliphatic rings. The molecule has 3 atom stereocenters. The highest BCUT2D eigenvalue weighted by Crippen LogP contribution is 2.57. The van der Waals surface area contributed by atoms with Gasteiger partial charge in [0.2, 0.25) is 0 Å². The Morgan fingerprint density at radius 2 is 1.86 bits per heavy atom. The molecule has 4 heteroatoms. The second kappa shape index (κ2) is 2.97. The fourth-order valence-corrected chi connectivity index (χ4v) is 3.28. The highest BCUT2D eigenvalue weighted by Gasteiger charge is 2.57. The molecular formula is C10H14O4. The summed E-state index contributed by atoms with van der Waals surface area (Å²) < 4.78 is 0. The van der Waals surface area contributed by atoms with Crippen LogP contribution in [0.4, 0.5) is 0 Å². The predicted octanol–water partition coefficient (Wildman–Crippen LogP) is 1.35. The topological polar surface area (TPSA) is 74.6 Å². The van der Waals surface area contributed by atoms with Crippen LogP contribution in [0.15, 0.2) is 0 Å². The van der Waals surface area contributed by atoms with E-state index in [4.69, 9.17) is 5.11 Å². The molecule has 0 aromatic carbocycles. The number of carboxylic acids is 2. The molecule has 4 nitrogen and oxygen atoms in total. The summed E-state index contributed by atoms with van der Waals surface area (Å²) in [5, 5.41) is 18.1. The van der Waals surface area contributed by atoms with Crippen molar-refractivity contribution in [1.82, 2.24) is 0 Å². The molecule has 14 heavy (non-hydrogen) atoms. The number of hydrogen-bond donors (Lipinski definition) is 2. The average Bonchev–Trinajstić information content (AvgIpc) is 2.58. The van der Waals surface area contributed by atoms with E-state index in [1.54, 1.807) is 0 Å². The molecule has 0 spiro atoms. The van der Waals surface area contributed by atoms with Crippen LogP contribution in [0.2, 0.25) is 0 Å². The number of aliphatic carboxylic acids is 2. The molecule has 2 fully saturated rings. The fraction of sp³-hybridized carbons (Fsp3) is 0.800. The van der Waals surface area contributed by atoms with E-state index in [-0.39, 0.29) is 5.92 Å². The third kappa shape index (κ3) is 1.06. The van der Waals surface area contributed by atoms with Gasteiger partial charge in [0, 0.05) is 0 Å². The third-order valence-corrected chi connectivity index (χ3v) is 3.98. The summed E-state index contributed by atoms with van der Waals surface area (Å²) >= 11 is 0. The zero-order chi connectivity index (χ0) is 10.3. The molecule has 0 radical (unpaired) electrons. The zero-order valence-corrected chi connectivity index (χ0v) is 7.90. The van der Waals surface area contributed by atoms with E-state index in [2.05, 4.69) is 0 Å². The summed E-state index contributed by atoms with van der Waals surface area (Å²) in [5.74, 6) is -2.16. The van der Waals surface area contributed by atoms with Crippen molar-refractivity contribution < 1.29 is 19.8 Å². The van der Waals surface area contributed by atoms with Gasteiger partial charge in [0.1, 0.15) is 0 Å². The Hall–Kier alpha value is -1.06. The number of fused-ring (bicyclic) bond motifs is 1. The first-order valence-corrected chi connectivity index (χ1v) is 5.04. The van der Waals surface area contributed by atoms with Crippen LogP contribution in [-0.2, 0) is 9.59 Å². The first-order valence-electron chi connectivity index (χ1n) is 5.04. The largest absolute Gasteiger partial charge is 0.481 e. The highest BCUT2D eigenvalue weighted by atomic mass is 16.4. The van der Waals surface area contributed by atoms with Crippen LogP contribution in [0.25, 0.3) is 0 Å². The van der Waals surface area contributed by atoms with Gasteiger partial charge >= 0.3 is 11.9 Å². The first-order chi connectivity index (χ1) is 6.58. The van der Waals surface area contributed by atoms with Crippen molar-refractivity contribution in [2.75, 3.05) is 0 Å². The molecule has 0 heterocycles. The Morgan fingerprint density at radius 3 is 2.43 bits per heavy atom. The summed E-state index contributed by atoms with van der Waals surface area (Å²) in [7, 11) is 0. The second-order valence-corrected chi connectivity index (χ2v) is 4.44. The maximum Gasteiger partial charge on any atom is 0.309 e. The normalized spacial score (nSPS) is 40.9. The minimum absolute atomic E-state index is 0.127. The lowest BCUT2D eigenvalue weighted by molar-refractivity contribution is -0.152. The monoisotopic (exact) mass is 198 g/mol. The van der Waals surface area contributed by atoms with Gasteiger partial charge in [-0.1, -0.05) is 6.42 Å². The van der Waals surface area contributed by atoms with Crippen molar-refractivity contribution in [3.63, 3.8) is 0 Å². The SMILES string of the molecule is O=C(O)[C@H]1CC[C@@]2(C(=O)O)CCC[C@@H]12. The third-order valence-electron chi connectivity index (χ3n) is 3.98. The Kier molecular flexibility index (Phi) is 2.01. The van der Waals surface area contributed by atoms with Gasteiger partial charge in [0.25, 0.3) is 0 Å². The lowest BCUT2D eigenvalue weighted by Gasteiger charge is -2.24. The van der Waals surface area contributed by atoms with Gasteiger partial charge in [-0.3, -0.25) is 9.59 Å². The van der Waals surface area contributed by atoms with Crippen molar-refractivity contribution in [3.8, 4) is 0 Å². The van der Waals surface area contributed by atoms with Gasteiger partial charge in [-0.25, -0.2) is 0 Å². The summed E-state index contributed by atoms with van der Waals surface area (Å²) in [5.41, 5.74) is -0.705. The molecule has 2 aliphatic carbocycles. The quantitative estimate of drug-likeness (QED) is 0.702. The highest BCUT2D eigenvalue weighted by molar-refractivity contribution is 5.79. The summed E-state index contributed by atoms with van der Waals surface area (Å²) in [6.07, 6.45) is 3.37. The molecule has 2 saturated carbocycles. The van der Waals surface area contributed by atoms with Gasteiger partial charge in [-0.05, 0) is 31.6 Å². The van der Waals surface area contributed by atoms with Crippen LogP contribution in [0, 0.1) is 17.3 Å². The van der Waals surface area contributed by atoms with E-state index < -0.39 is 23.3 Å². The molecule has 0 aromatic rings. The lowest BCUT2D eigenvalue weighted by Crippen LogP contribution is -2.33. The van der Waals surface area contributed by atoms with Gasteiger partial charge in [0.15, 0.2) is 0 Å². The van der Waals surface area contributed by atoms with Crippen molar-refractivity contribution in [2.45, 2.75) is 32.1 Å². The maximum atomic E-state index is 11.2. The number of rotatable bonds is 2. The van der Waals surface area contributed by atoms with Crippen molar-refractivity contribution in [1.29, 1.82) is 0 Å². The second-order valence-electron chi connectivity index (χ2n) is 4.44. The summed E-state index contributed by atoms with van der Waals surface area (Å²) in [6, 6.07) is 0. The Balaban J connectivity index is 2.28. The lowest BCUT2D eigenvalue weighted by atomic mass is 9.78. The first kappa shape index (κ1) is 9.49. The standard InChI is InChI=1S/C10H14O4/c11-8(12)6-3-5-10(9(13)14)4-1-2-7(6)10/h6-7H,1-5H2,(H,11,12)(H,13,14)/t6-,7-,10-/m0/s1. The van der Waals surface area contributed by atoms with Gasteiger partial charge in [-0.15, -0.1) is 0 Å². The van der Waals surface area contributed by atoms with Crippen molar-refractivity contribution in [3.05, 3.63) is 0 Å². The van der Waals surface area contributed by atoms with E-state index in [0.29, 0.717) is 19.3 Å². The van der Waals surface area contributed by atoms with E-state index in [1.165, 1.54) is 0 Å². The predicted molar refractivity (Wildman–Crippen MR) is 47.8 cm³/mol. The molecule has 0 saturated heterocycles. The molecule has 2 N–H and O–H groups in total. The number of carboxylic acid groups (broad SMARTS) is 2. The molecule has 0 unspecified atom stereocenters. The summed E-state index contributed by atoms with van der Waals surface area (Å²) in [4.78, 5) is 22.1. The van der Waals surface area contributed by atoms with Gasteiger partial charge < -0.3 is 10.2 Å². The molecule has 0 aromatic heterocycles. The Bertz CT molecular complexity index is 286. The minimum Gasteiger partial charge on any atom is -0.481 e. The van der Waals surface area contributed by atoms with E-state index in [1.807, 2.05) is 0 Å². The van der Waals surface area contributed by atoms with Crippen LogP contribution >= 0.6 is 0 Å². The molecule has 0 aliphatic heterocycles. The van der Waals surface area contributed by atoms with Gasteiger partial charge in [0.05, 0.1) is 11.3 Å². The van der Waals surface area contributed by atoms with Crippen LogP contribution in [0.3, 0.4) is 0 Å². The van der Waals surface area contributed by atoms with Crippen LogP contribution < -0.4 is 0 Å². The summed E-state index contributed by atoms with van der Waals surface area (Å²) in [6.45, 7) is 0. The van der Waals surface area contributed by atoms with Gasteiger partial charge in [-0.2, -0.15) is 0 Å². The maximum absolute atomic E-state index is 11.2. The van der Waals surface area contributed by atoms with Crippen LogP contribution in [0.5, 0.6) is 0 Å². The minimum atomic E-state index is -0.819. The number of carbonyl (C=O) groups is 2. The molecule has 78 valence electrons. The zero-order valence-electron chi connectivity index (χ0n) is 7.90. The molecule has 0 bridgehead atoms. The van der Waals surface area contributed by atoms with Crippen LogP contribution in [0.1, 0.15) is 32.1 Å². The molecular weight excluding hydrogens is 184 g/mol. The van der Waals surface area contributed by atoms with Crippen molar-refractivity contribution >= 4 is 11.9 Å². The van der Waals surface area contributed by atoms with E-state index in [0.717, 1.165) is 12.8 Å². The van der Waals surface area contributed by atoms with E-state index >= 15 is 0 Å². The Morgan fingerprint density at radius 1 is 1.14 bits per heavy atom.